The first-order valence-electron chi connectivity index (χ1n) is 9.58. The Morgan fingerprint density at radius 1 is 1.10 bits per heavy atom. The average Bonchev–Trinajstić information content (AvgIpc) is 3.38. The molecule has 7 heteroatoms. The van der Waals surface area contributed by atoms with Gasteiger partial charge < -0.3 is 9.47 Å². The van der Waals surface area contributed by atoms with Crippen LogP contribution >= 0.6 is 11.3 Å². The van der Waals surface area contributed by atoms with Gasteiger partial charge in [-0.1, -0.05) is 23.5 Å². The van der Waals surface area contributed by atoms with Crippen LogP contribution in [0.5, 0.6) is 11.5 Å². The van der Waals surface area contributed by atoms with Crippen molar-refractivity contribution in [3.05, 3.63) is 77.1 Å². The first-order chi connectivity index (χ1) is 14.6. The lowest BCUT2D eigenvalue weighted by Gasteiger charge is -2.19. The number of anilines is 1. The fraction of sp³-hybridized carbons (Fsp3) is 0.174. The molecule has 0 unspecified atom stereocenters. The number of aryl methyl sites for hydroxylation is 2. The Balaban J connectivity index is 1.58. The highest BCUT2D eigenvalue weighted by Gasteiger charge is 2.25. The molecule has 5 rings (SSSR count). The summed E-state index contributed by atoms with van der Waals surface area (Å²) in [4.78, 5) is 24.4. The number of pyridine rings is 1. The molecule has 4 aromatic rings. The summed E-state index contributed by atoms with van der Waals surface area (Å²) < 4.78 is 11.9. The maximum absolute atomic E-state index is 13.5. The van der Waals surface area contributed by atoms with Gasteiger partial charge in [-0.05, 0) is 61.4 Å². The number of carbonyl (C=O) groups excluding carboxylic acids is 1. The summed E-state index contributed by atoms with van der Waals surface area (Å²) in [6.07, 6.45) is 1.73. The number of rotatable bonds is 4. The fourth-order valence-electron chi connectivity index (χ4n) is 3.54. The molecule has 0 saturated heterocycles. The zero-order chi connectivity index (χ0) is 20.7. The van der Waals surface area contributed by atoms with Crippen molar-refractivity contribution in [2.45, 2.75) is 20.4 Å². The van der Waals surface area contributed by atoms with Crippen LogP contribution in [0.1, 0.15) is 27.2 Å². The Bertz CT molecular complexity index is 1250. The molecule has 0 fully saturated rings. The minimum absolute atomic E-state index is 0.160. The van der Waals surface area contributed by atoms with Gasteiger partial charge in [0.05, 0.1) is 22.5 Å². The summed E-state index contributed by atoms with van der Waals surface area (Å²) in [5.74, 6) is 1.07. The molecule has 1 aliphatic heterocycles. The topological polar surface area (TPSA) is 64.6 Å². The molecular formula is C23H19N3O3S. The van der Waals surface area contributed by atoms with E-state index in [1.54, 1.807) is 29.3 Å². The molecule has 0 bridgehead atoms. The largest absolute Gasteiger partial charge is 0.454 e. The SMILES string of the molecule is Cc1cc(C)c2nc(N(Cc3ccccn3)C(=O)c3ccc4c(c3)OCO4)sc2c1. The Morgan fingerprint density at radius 2 is 1.97 bits per heavy atom. The summed E-state index contributed by atoms with van der Waals surface area (Å²) >= 11 is 1.51. The van der Waals surface area contributed by atoms with Gasteiger partial charge in [0.1, 0.15) is 0 Å². The van der Waals surface area contributed by atoms with E-state index in [1.165, 1.54) is 16.9 Å². The second-order valence-electron chi connectivity index (χ2n) is 7.21. The van der Waals surface area contributed by atoms with Gasteiger partial charge in [0.15, 0.2) is 16.6 Å². The molecule has 0 N–H and O–H groups in total. The van der Waals surface area contributed by atoms with E-state index in [2.05, 4.69) is 24.0 Å². The van der Waals surface area contributed by atoms with Crippen molar-refractivity contribution in [2.75, 3.05) is 11.7 Å². The van der Waals surface area contributed by atoms with E-state index in [1.807, 2.05) is 25.1 Å². The molecule has 30 heavy (non-hydrogen) atoms. The first-order valence-corrected chi connectivity index (χ1v) is 10.4. The molecule has 0 spiro atoms. The highest BCUT2D eigenvalue weighted by atomic mass is 32.1. The van der Waals surface area contributed by atoms with Crippen molar-refractivity contribution in [1.29, 1.82) is 0 Å². The van der Waals surface area contributed by atoms with Crippen molar-refractivity contribution in [3.8, 4) is 11.5 Å². The lowest BCUT2D eigenvalue weighted by molar-refractivity contribution is 0.0984. The van der Waals surface area contributed by atoms with Crippen LogP contribution in [0.2, 0.25) is 0 Å². The van der Waals surface area contributed by atoms with E-state index < -0.39 is 0 Å². The third-order valence-electron chi connectivity index (χ3n) is 4.96. The molecule has 2 aromatic carbocycles. The number of fused-ring (bicyclic) bond motifs is 2. The number of hydrogen-bond donors (Lipinski definition) is 0. The number of amides is 1. The van der Waals surface area contributed by atoms with Crippen LogP contribution in [-0.2, 0) is 6.54 Å². The van der Waals surface area contributed by atoms with Crippen LogP contribution in [0.15, 0.2) is 54.7 Å². The summed E-state index contributed by atoms with van der Waals surface area (Å²) in [6.45, 7) is 4.60. The van der Waals surface area contributed by atoms with Crippen molar-refractivity contribution in [2.24, 2.45) is 0 Å². The van der Waals surface area contributed by atoms with Crippen molar-refractivity contribution < 1.29 is 14.3 Å². The lowest BCUT2D eigenvalue weighted by Crippen LogP contribution is -2.30. The zero-order valence-corrected chi connectivity index (χ0v) is 17.4. The molecule has 6 nitrogen and oxygen atoms in total. The van der Waals surface area contributed by atoms with Crippen molar-refractivity contribution in [1.82, 2.24) is 9.97 Å². The number of ether oxygens (including phenoxy) is 2. The highest BCUT2D eigenvalue weighted by molar-refractivity contribution is 7.22. The van der Waals surface area contributed by atoms with Gasteiger partial charge in [-0.3, -0.25) is 14.7 Å². The maximum Gasteiger partial charge on any atom is 0.260 e. The Kier molecular flexibility index (Phi) is 4.59. The van der Waals surface area contributed by atoms with E-state index in [4.69, 9.17) is 14.5 Å². The molecule has 1 aliphatic rings. The predicted octanol–water partition coefficient (Wildman–Crippen LogP) is 4.88. The van der Waals surface area contributed by atoms with Crippen LogP contribution < -0.4 is 14.4 Å². The number of nitrogens with zero attached hydrogens (tertiary/aromatic N) is 3. The van der Waals surface area contributed by atoms with Crippen molar-refractivity contribution in [3.63, 3.8) is 0 Å². The molecule has 0 aliphatic carbocycles. The number of aromatic nitrogens is 2. The Hall–Kier alpha value is -3.45. The minimum Gasteiger partial charge on any atom is -0.454 e. The van der Waals surface area contributed by atoms with E-state index in [0.29, 0.717) is 28.7 Å². The second kappa shape index (κ2) is 7.42. The average molecular weight is 417 g/mol. The number of hydrogen-bond acceptors (Lipinski definition) is 6. The zero-order valence-electron chi connectivity index (χ0n) is 16.6. The Labute approximate surface area is 177 Å². The second-order valence-corrected chi connectivity index (χ2v) is 8.21. The lowest BCUT2D eigenvalue weighted by atomic mass is 10.1. The van der Waals surface area contributed by atoms with Crippen LogP contribution in [0.3, 0.4) is 0 Å². The number of benzene rings is 2. The van der Waals surface area contributed by atoms with Gasteiger partial charge in [-0.2, -0.15) is 0 Å². The predicted molar refractivity (Wildman–Crippen MR) is 116 cm³/mol. The van der Waals surface area contributed by atoms with Gasteiger partial charge in [-0.15, -0.1) is 0 Å². The van der Waals surface area contributed by atoms with Gasteiger partial charge in [0.2, 0.25) is 6.79 Å². The van der Waals surface area contributed by atoms with Crippen LogP contribution in [0.25, 0.3) is 10.2 Å². The van der Waals surface area contributed by atoms with Crippen LogP contribution in [-0.4, -0.2) is 22.7 Å². The van der Waals surface area contributed by atoms with Crippen LogP contribution in [0.4, 0.5) is 5.13 Å². The van der Waals surface area contributed by atoms with Crippen molar-refractivity contribution >= 4 is 32.6 Å². The van der Waals surface area contributed by atoms with E-state index in [-0.39, 0.29) is 12.7 Å². The normalized spacial score (nSPS) is 12.3. The number of carbonyl (C=O) groups is 1. The smallest absolute Gasteiger partial charge is 0.260 e. The first kappa shape index (κ1) is 18.6. The van der Waals surface area contributed by atoms with Gasteiger partial charge in [0, 0.05) is 11.8 Å². The van der Waals surface area contributed by atoms with E-state index >= 15 is 0 Å². The summed E-state index contributed by atoms with van der Waals surface area (Å²) in [5, 5.41) is 0.645. The Morgan fingerprint density at radius 3 is 2.80 bits per heavy atom. The summed E-state index contributed by atoms with van der Waals surface area (Å²) in [6, 6.07) is 15.1. The minimum atomic E-state index is -0.160. The molecule has 150 valence electrons. The standard InChI is InChI=1S/C23H19N3O3S/c1-14-9-15(2)21-20(10-14)30-23(25-21)26(12-17-5-3-4-8-24-17)22(27)16-6-7-18-19(11-16)29-13-28-18/h3-11H,12-13H2,1-2H3. The summed E-state index contributed by atoms with van der Waals surface area (Å²) in [5.41, 5.74) is 4.50. The van der Waals surface area contributed by atoms with Gasteiger partial charge >= 0.3 is 0 Å². The quantitative estimate of drug-likeness (QED) is 0.473. The molecule has 2 aromatic heterocycles. The molecule has 0 radical (unpaired) electrons. The fourth-order valence-corrected chi connectivity index (χ4v) is 4.68. The molecule has 3 heterocycles. The van der Waals surface area contributed by atoms with Gasteiger partial charge in [-0.25, -0.2) is 4.98 Å². The summed E-state index contributed by atoms with van der Waals surface area (Å²) in [7, 11) is 0. The molecule has 0 atom stereocenters. The van der Waals surface area contributed by atoms with E-state index in [0.717, 1.165) is 21.5 Å². The monoisotopic (exact) mass is 417 g/mol. The highest BCUT2D eigenvalue weighted by Crippen LogP contribution is 2.35. The van der Waals surface area contributed by atoms with Gasteiger partial charge in [0.25, 0.3) is 5.91 Å². The maximum atomic E-state index is 13.5. The number of thiazole rings is 1. The molecule has 0 saturated carbocycles. The molecule has 1 amide bonds. The third kappa shape index (κ3) is 3.37. The van der Waals surface area contributed by atoms with E-state index in [9.17, 15) is 4.79 Å². The third-order valence-corrected chi connectivity index (χ3v) is 5.99. The van der Waals surface area contributed by atoms with Crippen LogP contribution in [0, 0.1) is 13.8 Å². The molecular weight excluding hydrogens is 398 g/mol.